The lowest BCUT2D eigenvalue weighted by molar-refractivity contribution is -0.115. The molecule has 0 amide bonds. The van der Waals surface area contributed by atoms with Gasteiger partial charge in [-0.25, -0.2) is 0 Å². The van der Waals surface area contributed by atoms with Gasteiger partial charge in [0.2, 0.25) is 5.24 Å². The minimum Gasteiger partial charge on any atom is -0.280 e. The highest BCUT2D eigenvalue weighted by molar-refractivity contribution is 6.66. The van der Waals surface area contributed by atoms with Gasteiger partial charge in [-0.05, 0) is 71.1 Å². The van der Waals surface area contributed by atoms with Crippen molar-refractivity contribution in [1.82, 2.24) is 0 Å². The standard InChI is InChI=1S/C21H14Cl4O/c22-17-7-1-14(2-8-17)13-21(20(25)26,15-3-9-18(23)10-4-15)16-5-11-19(24)12-6-16/h1-12H,13H2. The first-order valence-electron chi connectivity index (χ1n) is 7.88. The fourth-order valence-corrected chi connectivity index (χ4v) is 3.71. The molecule has 0 radical (unpaired) electrons. The van der Waals surface area contributed by atoms with Crippen LogP contribution in [0.4, 0.5) is 0 Å². The third-order valence-corrected chi connectivity index (χ3v) is 5.47. The van der Waals surface area contributed by atoms with Crippen LogP contribution >= 0.6 is 46.4 Å². The first kappa shape index (κ1) is 19.3. The van der Waals surface area contributed by atoms with Crippen LogP contribution in [0, 0.1) is 0 Å². The molecule has 0 aliphatic heterocycles. The van der Waals surface area contributed by atoms with E-state index in [1.54, 1.807) is 36.4 Å². The van der Waals surface area contributed by atoms with Crippen molar-refractivity contribution in [3.8, 4) is 0 Å². The molecule has 0 aliphatic rings. The van der Waals surface area contributed by atoms with E-state index in [9.17, 15) is 4.79 Å². The number of hydrogen-bond donors (Lipinski definition) is 0. The van der Waals surface area contributed by atoms with Crippen LogP contribution in [0.2, 0.25) is 15.1 Å². The van der Waals surface area contributed by atoms with Gasteiger partial charge in [-0.2, -0.15) is 0 Å². The van der Waals surface area contributed by atoms with Crippen molar-refractivity contribution >= 4 is 51.6 Å². The summed E-state index contributed by atoms with van der Waals surface area (Å²) in [4.78, 5) is 12.8. The van der Waals surface area contributed by atoms with E-state index in [0.29, 0.717) is 21.5 Å². The van der Waals surface area contributed by atoms with Crippen LogP contribution in [0.25, 0.3) is 0 Å². The lowest BCUT2D eigenvalue weighted by Crippen LogP contribution is -2.36. The molecule has 0 heterocycles. The van der Waals surface area contributed by atoms with Gasteiger partial charge in [0.25, 0.3) is 0 Å². The zero-order valence-electron chi connectivity index (χ0n) is 13.6. The van der Waals surface area contributed by atoms with Gasteiger partial charge in [-0.15, -0.1) is 0 Å². The summed E-state index contributed by atoms with van der Waals surface area (Å²) in [6.07, 6.45) is 0.385. The van der Waals surface area contributed by atoms with Gasteiger partial charge in [-0.1, -0.05) is 71.2 Å². The molecular weight excluding hydrogens is 410 g/mol. The highest BCUT2D eigenvalue weighted by Crippen LogP contribution is 2.39. The molecule has 0 bridgehead atoms. The zero-order valence-corrected chi connectivity index (χ0v) is 16.6. The summed E-state index contributed by atoms with van der Waals surface area (Å²) in [7, 11) is 0. The van der Waals surface area contributed by atoms with Crippen LogP contribution in [-0.4, -0.2) is 5.24 Å². The largest absolute Gasteiger partial charge is 0.280 e. The summed E-state index contributed by atoms with van der Waals surface area (Å²) < 4.78 is 0. The second-order valence-corrected chi connectivity index (χ2v) is 7.65. The van der Waals surface area contributed by atoms with E-state index in [1.165, 1.54) is 0 Å². The maximum atomic E-state index is 12.8. The monoisotopic (exact) mass is 422 g/mol. The summed E-state index contributed by atoms with van der Waals surface area (Å²) in [6, 6.07) is 21.7. The van der Waals surface area contributed by atoms with Crippen molar-refractivity contribution in [2.24, 2.45) is 0 Å². The maximum Gasteiger partial charge on any atom is 0.236 e. The molecule has 0 saturated heterocycles. The lowest BCUT2D eigenvalue weighted by Gasteiger charge is -2.32. The smallest absolute Gasteiger partial charge is 0.236 e. The Kier molecular flexibility index (Phi) is 5.94. The molecular formula is C21H14Cl4O. The number of rotatable bonds is 5. The molecule has 0 aliphatic carbocycles. The number of benzene rings is 3. The highest BCUT2D eigenvalue weighted by atomic mass is 35.5. The first-order chi connectivity index (χ1) is 12.4. The Morgan fingerprint density at radius 3 is 1.35 bits per heavy atom. The van der Waals surface area contributed by atoms with Crippen molar-refractivity contribution < 1.29 is 4.79 Å². The Balaban J connectivity index is 2.20. The molecule has 3 rings (SSSR count). The normalized spacial score (nSPS) is 11.4. The lowest BCUT2D eigenvalue weighted by atomic mass is 9.71. The Morgan fingerprint density at radius 2 is 1.00 bits per heavy atom. The molecule has 0 spiro atoms. The van der Waals surface area contributed by atoms with Crippen LogP contribution in [0.1, 0.15) is 16.7 Å². The molecule has 5 heteroatoms. The molecule has 0 aromatic heterocycles. The average Bonchev–Trinajstić information content (AvgIpc) is 2.63. The summed E-state index contributed by atoms with van der Waals surface area (Å²) in [6.45, 7) is 0. The van der Waals surface area contributed by atoms with Gasteiger partial charge in [0.1, 0.15) is 0 Å². The molecule has 3 aromatic carbocycles. The van der Waals surface area contributed by atoms with Crippen LogP contribution in [0.5, 0.6) is 0 Å². The second kappa shape index (κ2) is 8.02. The average molecular weight is 424 g/mol. The molecule has 0 N–H and O–H groups in total. The second-order valence-electron chi connectivity index (χ2n) is 6.00. The van der Waals surface area contributed by atoms with Gasteiger partial charge in [0.05, 0.1) is 5.41 Å². The van der Waals surface area contributed by atoms with Crippen LogP contribution < -0.4 is 0 Å². The van der Waals surface area contributed by atoms with E-state index in [-0.39, 0.29) is 0 Å². The SMILES string of the molecule is O=C(Cl)C(Cc1ccc(Cl)cc1)(c1ccc(Cl)cc1)c1ccc(Cl)cc1. The molecule has 1 nitrogen and oxygen atoms in total. The zero-order chi connectivity index (χ0) is 18.7. The summed E-state index contributed by atoms with van der Waals surface area (Å²) in [5, 5.41) is 1.34. The summed E-state index contributed by atoms with van der Waals surface area (Å²) in [5.74, 6) is 0. The van der Waals surface area contributed by atoms with Gasteiger partial charge in [0, 0.05) is 15.1 Å². The van der Waals surface area contributed by atoms with Gasteiger partial charge < -0.3 is 0 Å². The van der Waals surface area contributed by atoms with E-state index in [2.05, 4.69) is 0 Å². The van der Waals surface area contributed by atoms with Gasteiger partial charge >= 0.3 is 0 Å². The van der Waals surface area contributed by atoms with Crippen LogP contribution in [-0.2, 0) is 16.6 Å². The summed E-state index contributed by atoms with van der Waals surface area (Å²) >= 11 is 24.3. The third kappa shape index (κ3) is 3.92. The van der Waals surface area contributed by atoms with E-state index in [1.807, 2.05) is 36.4 Å². The molecule has 0 saturated carbocycles. The van der Waals surface area contributed by atoms with Crippen molar-refractivity contribution in [2.45, 2.75) is 11.8 Å². The fourth-order valence-electron chi connectivity index (χ4n) is 3.04. The Hall–Kier alpha value is -1.51. The Labute approximate surface area is 172 Å². The van der Waals surface area contributed by atoms with Crippen molar-refractivity contribution in [1.29, 1.82) is 0 Å². The van der Waals surface area contributed by atoms with E-state index in [0.717, 1.165) is 16.7 Å². The minimum absolute atomic E-state index is 0.385. The maximum absolute atomic E-state index is 12.8. The quantitative estimate of drug-likeness (QED) is 0.406. The number of carbonyl (C=O) groups is 1. The third-order valence-electron chi connectivity index (χ3n) is 4.39. The Morgan fingerprint density at radius 1 is 0.654 bits per heavy atom. The summed E-state index contributed by atoms with van der Waals surface area (Å²) in [5.41, 5.74) is 1.40. The van der Waals surface area contributed by atoms with Crippen molar-refractivity contribution in [2.75, 3.05) is 0 Å². The molecule has 0 atom stereocenters. The van der Waals surface area contributed by atoms with E-state index < -0.39 is 10.7 Å². The van der Waals surface area contributed by atoms with E-state index in [4.69, 9.17) is 46.4 Å². The number of carbonyl (C=O) groups excluding carboxylic acids is 1. The topological polar surface area (TPSA) is 17.1 Å². The van der Waals surface area contributed by atoms with Crippen molar-refractivity contribution in [3.05, 3.63) is 105 Å². The minimum atomic E-state index is -1.06. The Bertz CT molecular complexity index is 855. The molecule has 132 valence electrons. The number of hydrogen-bond acceptors (Lipinski definition) is 1. The van der Waals surface area contributed by atoms with Crippen LogP contribution in [0.15, 0.2) is 72.8 Å². The first-order valence-corrected chi connectivity index (χ1v) is 9.39. The molecule has 0 fully saturated rings. The van der Waals surface area contributed by atoms with Crippen molar-refractivity contribution in [3.63, 3.8) is 0 Å². The van der Waals surface area contributed by atoms with Crippen LogP contribution in [0.3, 0.4) is 0 Å². The van der Waals surface area contributed by atoms with Gasteiger partial charge in [0.15, 0.2) is 0 Å². The predicted octanol–water partition coefficient (Wildman–Crippen LogP) is 6.94. The highest BCUT2D eigenvalue weighted by Gasteiger charge is 2.41. The van der Waals surface area contributed by atoms with Gasteiger partial charge in [-0.3, -0.25) is 4.79 Å². The molecule has 26 heavy (non-hydrogen) atoms. The number of halogens is 4. The predicted molar refractivity (Wildman–Crippen MR) is 110 cm³/mol. The molecule has 0 unspecified atom stereocenters. The fraction of sp³-hybridized carbons (Fsp3) is 0.0952. The molecule has 3 aromatic rings. The van der Waals surface area contributed by atoms with E-state index >= 15 is 0 Å².